The van der Waals surface area contributed by atoms with Crippen LogP contribution in [0.15, 0.2) is 0 Å². The van der Waals surface area contributed by atoms with Gasteiger partial charge in [-0.3, -0.25) is 0 Å². The summed E-state index contributed by atoms with van der Waals surface area (Å²) in [5.74, 6) is 0.823. The third kappa shape index (κ3) is 8.54. The predicted molar refractivity (Wildman–Crippen MR) is 77.5 cm³/mol. The average Bonchev–Trinajstić information content (AvgIpc) is 2.26. The van der Waals surface area contributed by atoms with Gasteiger partial charge in [-0.2, -0.15) is 0 Å². The number of hydrogen-bond donors (Lipinski definition) is 0. The Hall–Kier alpha value is 0.400. The Kier molecular flexibility index (Phi) is 10.8. The average molecular weight is 293 g/mol. The first-order valence-electron chi connectivity index (χ1n) is 6.57. The van der Waals surface area contributed by atoms with Gasteiger partial charge < -0.3 is 9.80 Å². The lowest BCUT2D eigenvalue weighted by Crippen LogP contribution is -2.32. The molecule has 2 nitrogen and oxygen atoms in total. The number of hydrogen-bond acceptors (Lipinski definition) is 2. The summed E-state index contributed by atoms with van der Waals surface area (Å²) in [6.07, 6.45) is 3.92. The molecule has 0 aromatic rings. The van der Waals surface area contributed by atoms with Gasteiger partial charge in [0.1, 0.15) is 0 Å². The third-order valence-corrected chi connectivity index (χ3v) is 3.87. The molecule has 16 heavy (non-hydrogen) atoms. The first-order chi connectivity index (χ1) is 7.63. The molecule has 0 amide bonds. The van der Waals surface area contributed by atoms with Gasteiger partial charge >= 0.3 is 0 Å². The topological polar surface area (TPSA) is 6.48 Å². The lowest BCUT2D eigenvalue weighted by molar-refractivity contribution is 0.231. The standard InChI is InChI=1S/C13H29BrN2/c1-5-8-13(11-14)12-16(6-2)10-7-9-15(3)4/h13H,5-12H2,1-4H3. The van der Waals surface area contributed by atoms with Gasteiger partial charge in [-0.1, -0.05) is 36.2 Å². The molecule has 0 aliphatic rings. The fraction of sp³-hybridized carbons (Fsp3) is 1.00. The number of nitrogens with zero attached hydrogens (tertiary/aromatic N) is 2. The van der Waals surface area contributed by atoms with E-state index in [4.69, 9.17) is 0 Å². The molecule has 0 aliphatic carbocycles. The first-order valence-corrected chi connectivity index (χ1v) is 7.69. The Morgan fingerprint density at radius 2 is 1.81 bits per heavy atom. The second kappa shape index (κ2) is 10.5. The summed E-state index contributed by atoms with van der Waals surface area (Å²) < 4.78 is 0. The molecule has 0 radical (unpaired) electrons. The van der Waals surface area contributed by atoms with Crippen molar-refractivity contribution >= 4 is 15.9 Å². The van der Waals surface area contributed by atoms with E-state index in [-0.39, 0.29) is 0 Å². The van der Waals surface area contributed by atoms with Gasteiger partial charge in [0.2, 0.25) is 0 Å². The summed E-state index contributed by atoms with van der Waals surface area (Å²) in [4.78, 5) is 4.85. The molecule has 0 saturated carbocycles. The van der Waals surface area contributed by atoms with E-state index in [0.717, 1.165) is 11.2 Å². The first kappa shape index (κ1) is 16.4. The van der Waals surface area contributed by atoms with Crippen molar-refractivity contribution in [2.45, 2.75) is 33.1 Å². The summed E-state index contributed by atoms with van der Waals surface area (Å²) in [5.41, 5.74) is 0. The maximum atomic E-state index is 3.63. The molecule has 98 valence electrons. The molecule has 1 unspecified atom stereocenters. The maximum absolute atomic E-state index is 3.63. The van der Waals surface area contributed by atoms with E-state index in [9.17, 15) is 0 Å². The normalized spacial score (nSPS) is 13.7. The quantitative estimate of drug-likeness (QED) is 0.571. The van der Waals surface area contributed by atoms with Crippen LogP contribution < -0.4 is 0 Å². The van der Waals surface area contributed by atoms with E-state index < -0.39 is 0 Å². The molecular formula is C13H29BrN2. The maximum Gasteiger partial charge on any atom is 0.00718 e. The van der Waals surface area contributed by atoms with E-state index in [1.807, 2.05) is 0 Å². The van der Waals surface area contributed by atoms with Crippen molar-refractivity contribution in [1.29, 1.82) is 0 Å². The van der Waals surface area contributed by atoms with Crippen molar-refractivity contribution in [3.05, 3.63) is 0 Å². The van der Waals surface area contributed by atoms with Crippen LogP contribution in [0.4, 0.5) is 0 Å². The zero-order valence-electron chi connectivity index (χ0n) is 11.5. The summed E-state index contributed by atoms with van der Waals surface area (Å²) >= 11 is 3.63. The number of halogens is 1. The van der Waals surface area contributed by atoms with Crippen molar-refractivity contribution in [3.8, 4) is 0 Å². The molecule has 0 aromatic heterocycles. The SMILES string of the molecule is CCCC(CBr)CN(CC)CCCN(C)C. The Morgan fingerprint density at radius 3 is 2.25 bits per heavy atom. The molecule has 0 heterocycles. The number of alkyl halides is 1. The molecule has 0 saturated heterocycles. The van der Waals surface area contributed by atoms with Gasteiger partial charge in [-0.05, 0) is 52.5 Å². The molecule has 3 heteroatoms. The zero-order valence-corrected chi connectivity index (χ0v) is 13.1. The molecule has 0 spiro atoms. The van der Waals surface area contributed by atoms with Crippen molar-refractivity contribution in [1.82, 2.24) is 9.80 Å². The Labute approximate surface area is 111 Å². The molecule has 0 aliphatic heterocycles. The highest BCUT2D eigenvalue weighted by Crippen LogP contribution is 2.12. The van der Waals surface area contributed by atoms with Crippen LogP contribution in [-0.2, 0) is 0 Å². The van der Waals surface area contributed by atoms with Crippen molar-refractivity contribution in [2.75, 3.05) is 45.6 Å². The minimum atomic E-state index is 0.823. The fourth-order valence-corrected chi connectivity index (χ4v) is 2.51. The van der Waals surface area contributed by atoms with Gasteiger partial charge in [-0.15, -0.1) is 0 Å². The van der Waals surface area contributed by atoms with Gasteiger partial charge in [0, 0.05) is 11.9 Å². The summed E-state index contributed by atoms with van der Waals surface area (Å²) in [7, 11) is 4.29. The van der Waals surface area contributed by atoms with Crippen LogP contribution in [0.2, 0.25) is 0 Å². The van der Waals surface area contributed by atoms with E-state index in [1.165, 1.54) is 45.4 Å². The van der Waals surface area contributed by atoms with E-state index >= 15 is 0 Å². The Balaban J connectivity index is 3.79. The van der Waals surface area contributed by atoms with Crippen LogP contribution in [0.5, 0.6) is 0 Å². The molecule has 0 N–H and O–H groups in total. The van der Waals surface area contributed by atoms with Gasteiger partial charge in [0.05, 0.1) is 0 Å². The highest BCUT2D eigenvalue weighted by Gasteiger charge is 2.11. The largest absolute Gasteiger partial charge is 0.309 e. The molecule has 1 atom stereocenters. The summed E-state index contributed by atoms with van der Waals surface area (Å²) in [5, 5.41) is 1.14. The molecule has 0 rings (SSSR count). The van der Waals surface area contributed by atoms with Crippen LogP contribution in [0.1, 0.15) is 33.1 Å². The molecular weight excluding hydrogens is 264 g/mol. The van der Waals surface area contributed by atoms with Crippen LogP contribution in [0.25, 0.3) is 0 Å². The second-order valence-electron chi connectivity index (χ2n) is 4.86. The van der Waals surface area contributed by atoms with Crippen LogP contribution in [-0.4, -0.2) is 55.4 Å². The minimum Gasteiger partial charge on any atom is -0.309 e. The third-order valence-electron chi connectivity index (χ3n) is 2.96. The lowest BCUT2D eigenvalue weighted by atomic mass is 10.1. The van der Waals surface area contributed by atoms with Gasteiger partial charge in [0.15, 0.2) is 0 Å². The second-order valence-corrected chi connectivity index (χ2v) is 5.51. The minimum absolute atomic E-state index is 0.823. The molecule has 0 aromatic carbocycles. The fourth-order valence-electron chi connectivity index (χ4n) is 1.98. The van der Waals surface area contributed by atoms with E-state index in [0.29, 0.717) is 0 Å². The Bertz CT molecular complexity index is 151. The molecule has 0 fully saturated rings. The van der Waals surface area contributed by atoms with Gasteiger partial charge in [0.25, 0.3) is 0 Å². The van der Waals surface area contributed by atoms with Gasteiger partial charge in [-0.25, -0.2) is 0 Å². The smallest absolute Gasteiger partial charge is 0.00718 e. The van der Waals surface area contributed by atoms with Crippen molar-refractivity contribution < 1.29 is 0 Å². The van der Waals surface area contributed by atoms with Crippen LogP contribution >= 0.6 is 15.9 Å². The van der Waals surface area contributed by atoms with E-state index in [1.54, 1.807) is 0 Å². The summed E-state index contributed by atoms with van der Waals surface area (Å²) in [6.45, 7) is 9.42. The monoisotopic (exact) mass is 292 g/mol. The highest BCUT2D eigenvalue weighted by molar-refractivity contribution is 9.09. The van der Waals surface area contributed by atoms with Crippen molar-refractivity contribution in [3.63, 3.8) is 0 Å². The Morgan fingerprint density at radius 1 is 1.12 bits per heavy atom. The van der Waals surface area contributed by atoms with Crippen LogP contribution in [0.3, 0.4) is 0 Å². The zero-order chi connectivity index (χ0) is 12.4. The molecule has 0 bridgehead atoms. The lowest BCUT2D eigenvalue weighted by Gasteiger charge is -2.25. The highest BCUT2D eigenvalue weighted by atomic mass is 79.9. The summed E-state index contributed by atoms with van der Waals surface area (Å²) in [6, 6.07) is 0. The van der Waals surface area contributed by atoms with Crippen LogP contribution in [0, 0.1) is 5.92 Å². The predicted octanol–water partition coefficient (Wildman–Crippen LogP) is 3.07. The number of rotatable bonds is 10. The van der Waals surface area contributed by atoms with Crippen molar-refractivity contribution in [2.24, 2.45) is 5.92 Å². The van der Waals surface area contributed by atoms with E-state index in [2.05, 4.69) is 53.7 Å².